The Morgan fingerprint density at radius 1 is 1.10 bits per heavy atom. The number of nitrogens with zero attached hydrogens (tertiary/aromatic N) is 3. The van der Waals surface area contributed by atoms with Crippen molar-refractivity contribution in [1.82, 2.24) is 14.8 Å². The molecule has 162 valence electrons. The molecule has 0 unspecified atom stereocenters. The molecule has 5 nitrogen and oxygen atoms in total. The van der Waals surface area contributed by atoms with Crippen molar-refractivity contribution in [3.63, 3.8) is 0 Å². The number of carbonyl (C=O) groups is 1. The van der Waals surface area contributed by atoms with E-state index in [1.165, 1.54) is 11.1 Å². The Morgan fingerprint density at radius 2 is 1.87 bits per heavy atom. The second kappa shape index (κ2) is 9.73. The summed E-state index contributed by atoms with van der Waals surface area (Å²) < 4.78 is 0. The summed E-state index contributed by atoms with van der Waals surface area (Å²) in [6.45, 7) is 9.52. The van der Waals surface area contributed by atoms with Gasteiger partial charge in [0, 0.05) is 49.4 Å². The molecule has 0 saturated carbocycles. The highest BCUT2D eigenvalue weighted by molar-refractivity contribution is 7.13. The average molecular weight is 435 g/mol. The third-order valence-electron chi connectivity index (χ3n) is 5.95. The van der Waals surface area contributed by atoms with Crippen LogP contribution in [0.4, 0.5) is 5.69 Å². The summed E-state index contributed by atoms with van der Waals surface area (Å²) in [6, 6.07) is 14.6. The molecule has 0 bridgehead atoms. The van der Waals surface area contributed by atoms with Gasteiger partial charge in [-0.25, -0.2) is 4.98 Å². The number of hydrogen-bond donors (Lipinski definition) is 1. The molecule has 1 saturated heterocycles. The minimum atomic E-state index is -0.0330. The Kier molecular flexibility index (Phi) is 6.80. The predicted octanol–water partition coefficient (Wildman–Crippen LogP) is 4.36. The summed E-state index contributed by atoms with van der Waals surface area (Å²) in [5.41, 5.74) is 6.39. The highest BCUT2D eigenvalue weighted by atomic mass is 32.1. The van der Waals surface area contributed by atoms with Crippen molar-refractivity contribution < 1.29 is 4.79 Å². The normalized spacial score (nSPS) is 15.2. The lowest BCUT2D eigenvalue weighted by Crippen LogP contribution is -2.43. The van der Waals surface area contributed by atoms with Gasteiger partial charge in [-0.2, -0.15) is 0 Å². The van der Waals surface area contributed by atoms with E-state index in [-0.39, 0.29) is 12.3 Å². The monoisotopic (exact) mass is 434 g/mol. The van der Waals surface area contributed by atoms with Crippen molar-refractivity contribution in [2.45, 2.75) is 26.8 Å². The molecule has 0 radical (unpaired) electrons. The van der Waals surface area contributed by atoms with Gasteiger partial charge in [0.15, 0.2) is 0 Å². The van der Waals surface area contributed by atoms with Crippen LogP contribution < -0.4 is 5.32 Å². The van der Waals surface area contributed by atoms with Crippen LogP contribution in [0.2, 0.25) is 0 Å². The first kappa shape index (κ1) is 21.7. The number of rotatable bonds is 6. The molecule has 1 N–H and O–H groups in total. The standard InChI is InChI=1S/C25H30N4OS/c1-18-6-4-9-23(19(18)2)27-24(30)15-22-17-31-25(26-22)21-8-5-7-20(14-21)16-29-12-10-28(3)11-13-29/h4-9,14,17H,10-13,15-16H2,1-3H3,(H,27,30). The highest BCUT2D eigenvalue weighted by Crippen LogP contribution is 2.26. The van der Waals surface area contributed by atoms with Gasteiger partial charge in [0.1, 0.15) is 5.01 Å². The number of likely N-dealkylation sites (N-methyl/N-ethyl adjacent to an activating group) is 1. The first-order valence-corrected chi connectivity index (χ1v) is 11.7. The molecule has 2 heterocycles. The van der Waals surface area contributed by atoms with Crippen molar-refractivity contribution in [2.24, 2.45) is 0 Å². The molecule has 1 fully saturated rings. The first-order chi connectivity index (χ1) is 15.0. The van der Waals surface area contributed by atoms with Gasteiger partial charge in [-0.15, -0.1) is 11.3 Å². The average Bonchev–Trinajstić information content (AvgIpc) is 3.22. The zero-order valence-electron chi connectivity index (χ0n) is 18.5. The van der Waals surface area contributed by atoms with Crippen molar-refractivity contribution in [3.05, 3.63) is 70.2 Å². The van der Waals surface area contributed by atoms with E-state index in [1.54, 1.807) is 11.3 Å². The summed E-state index contributed by atoms with van der Waals surface area (Å²) in [6.07, 6.45) is 0.283. The van der Waals surface area contributed by atoms with E-state index in [0.717, 1.165) is 60.2 Å². The van der Waals surface area contributed by atoms with E-state index in [2.05, 4.69) is 59.4 Å². The smallest absolute Gasteiger partial charge is 0.230 e. The Hall–Kier alpha value is -2.54. The quantitative estimate of drug-likeness (QED) is 0.626. The van der Waals surface area contributed by atoms with Crippen LogP contribution >= 0.6 is 11.3 Å². The minimum Gasteiger partial charge on any atom is -0.325 e. The summed E-state index contributed by atoms with van der Waals surface area (Å²) in [5, 5.41) is 5.98. The van der Waals surface area contributed by atoms with Gasteiger partial charge in [-0.1, -0.05) is 30.3 Å². The van der Waals surface area contributed by atoms with Crippen LogP contribution in [-0.4, -0.2) is 53.9 Å². The lowest BCUT2D eigenvalue weighted by atomic mass is 10.1. The number of hydrogen-bond acceptors (Lipinski definition) is 5. The summed E-state index contributed by atoms with van der Waals surface area (Å²) in [4.78, 5) is 22.2. The number of thiazole rings is 1. The van der Waals surface area contributed by atoms with E-state index in [1.807, 2.05) is 24.4 Å². The van der Waals surface area contributed by atoms with Gasteiger partial charge in [-0.05, 0) is 49.7 Å². The van der Waals surface area contributed by atoms with E-state index < -0.39 is 0 Å². The zero-order valence-corrected chi connectivity index (χ0v) is 19.3. The molecule has 0 spiro atoms. The molecule has 6 heteroatoms. The number of aromatic nitrogens is 1. The summed E-state index contributed by atoms with van der Waals surface area (Å²) in [7, 11) is 2.18. The van der Waals surface area contributed by atoms with Crippen LogP contribution in [-0.2, 0) is 17.8 Å². The zero-order chi connectivity index (χ0) is 21.8. The number of aryl methyl sites for hydroxylation is 1. The van der Waals surface area contributed by atoms with Crippen molar-refractivity contribution >= 4 is 22.9 Å². The Morgan fingerprint density at radius 3 is 2.68 bits per heavy atom. The second-order valence-corrected chi connectivity index (χ2v) is 9.25. The van der Waals surface area contributed by atoms with Gasteiger partial charge in [-0.3, -0.25) is 9.69 Å². The molecule has 0 aliphatic carbocycles. The maximum atomic E-state index is 12.5. The van der Waals surface area contributed by atoms with Crippen molar-refractivity contribution in [3.8, 4) is 10.6 Å². The van der Waals surface area contributed by atoms with Crippen LogP contribution in [0.1, 0.15) is 22.4 Å². The molecule has 4 rings (SSSR count). The fourth-order valence-electron chi connectivity index (χ4n) is 3.83. The summed E-state index contributed by atoms with van der Waals surface area (Å²) in [5.74, 6) is -0.0330. The Bertz CT molecular complexity index is 1050. The molecule has 1 aliphatic heterocycles. The van der Waals surface area contributed by atoms with E-state index in [4.69, 9.17) is 4.98 Å². The van der Waals surface area contributed by atoms with E-state index in [0.29, 0.717) is 0 Å². The van der Waals surface area contributed by atoms with E-state index >= 15 is 0 Å². The number of piperazine rings is 1. The minimum absolute atomic E-state index is 0.0330. The maximum Gasteiger partial charge on any atom is 0.230 e. The molecule has 3 aromatic rings. The first-order valence-electron chi connectivity index (χ1n) is 10.8. The van der Waals surface area contributed by atoms with Crippen LogP contribution in [0.25, 0.3) is 10.6 Å². The van der Waals surface area contributed by atoms with Crippen LogP contribution in [0, 0.1) is 13.8 Å². The van der Waals surface area contributed by atoms with E-state index in [9.17, 15) is 4.79 Å². The lowest BCUT2D eigenvalue weighted by molar-refractivity contribution is -0.115. The Labute approximate surface area is 188 Å². The van der Waals surface area contributed by atoms with Gasteiger partial charge in [0.25, 0.3) is 0 Å². The maximum absolute atomic E-state index is 12.5. The van der Waals surface area contributed by atoms with Crippen LogP contribution in [0.5, 0.6) is 0 Å². The fraction of sp³-hybridized carbons (Fsp3) is 0.360. The van der Waals surface area contributed by atoms with Gasteiger partial charge >= 0.3 is 0 Å². The van der Waals surface area contributed by atoms with Gasteiger partial charge in [0.05, 0.1) is 12.1 Å². The molecular formula is C25H30N4OS. The second-order valence-electron chi connectivity index (χ2n) is 8.40. The van der Waals surface area contributed by atoms with Crippen LogP contribution in [0.3, 0.4) is 0 Å². The Balaban J connectivity index is 1.39. The van der Waals surface area contributed by atoms with Crippen LogP contribution in [0.15, 0.2) is 47.8 Å². The molecule has 1 aromatic heterocycles. The number of carbonyl (C=O) groups excluding carboxylic acids is 1. The molecule has 1 aliphatic rings. The molecule has 0 atom stereocenters. The summed E-state index contributed by atoms with van der Waals surface area (Å²) >= 11 is 1.60. The topological polar surface area (TPSA) is 48.5 Å². The largest absolute Gasteiger partial charge is 0.325 e. The lowest BCUT2D eigenvalue weighted by Gasteiger charge is -2.32. The SMILES string of the molecule is Cc1cccc(NC(=O)Cc2csc(-c3cccc(CN4CCN(C)CC4)c3)n2)c1C. The molecule has 31 heavy (non-hydrogen) atoms. The van der Waals surface area contributed by atoms with Crippen molar-refractivity contribution in [2.75, 3.05) is 38.5 Å². The highest BCUT2D eigenvalue weighted by Gasteiger charge is 2.15. The van der Waals surface area contributed by atoms with Gasteiger partial charge in [0.2, 0.25) is 5.91 Å². The van der Waals surface area contributed by atoms with Gasteiger partial charge < -0.3 is 10.2 Å². The third kappa shape index (κ3) is 5.58. The number of benzene rings is 2. The van der Waals surface area contributed by atoms with Crippen molar-refractivity contribution in [1.29, 1.82) is 0 Å². The molecule has 1 amide bonds. The predicted molar refractivity (Wildman–Crippen MR) is 129 cm³/mol. The number of nitrogens with one attached hydrogen (secondary N) is 1. The molecule has 2 aromatic carbocycles. The fourth-order valence-corrected chi connectivity index (χ4v) is 4.65. The molecular weight excluding hydrogens is 404 g/mol. The third-order valence-corrected chi connectivity index (χ3v) is 6.89. The number of anilines is 1. The number of amides is 1.